The van der Waals surface area contributed by atoms with Gasteiger partial charge in [-0.15, -0.1) is 0 Å². The summed E-state index contributed by atoms with van der Waals surface area (Å²) in [5.74, 6) is 0.716. The van der Waals surface area contributed by atoms with Crippen LogP contribution in [0, 0.1) is 6.92 Å². The predicted molar refractivity (Wildman–Crippen MR) is 59.0 cm³/mol. The van der Waals surface area contributed by atoms with Crippen LogP contribution in [0.15, 0.2) is 41.9 Å². The molecule has 14 heavy (non-hydrogen) atoms. The summed E-state index contributed by atoms with van der Waals surface area (Å²) in [6.45, 7) is 5.54. The summed E-state index contributed by atoms with van der Waals surface area (Å²) in [6, 6.07) is 3.34. The molecule has 0 radical (unpaired) electrons. The molecule has 1 aromatic heterocycles. The zero-order valence-corrected chi connectivity index (χ0v) is 8.45. The second-order valence-corrected chi connectivity index (χ2v) is 2.95. The van der Waals surface area contributed by atoms with Crippen molar-refractivity contribution < 1.29 is 0 Å². The highest BCUT2D eigenvalue weighted by molar-refractivity contribution is 5.45. The van der Waals surface area contributed by atoms with Crippen molar-refractivity contribution in [2.45, 2.75) is 6.92 Å². The number of pyridine rings is 1. The first kappa shape index (κ1) is 10.3. The molecule has 3 nitrogen and oxygen atoms in total. The first-order valence-corrected chi connectivity index (χ1v) is 4.39. The second kappa shape index (κ2) is 4.46. The van der Waals surface area contributed by atoms with Gasteiger partial charge < -0.3 is 5.32 Å². The number of nitrogens with zero attached hydrogens (tertiary/aromatic N) is 1. The van der Waals surface area contributed by atoms with E-state index in [0.29, 0.717) is 5.82 Å². The largest absolute Gasteiger partial charge is 0.374 e. The fourth-order valence-electron chi connectivity index (χ4n) is 1.18. The lowest BCUT2D eigenvalue weighted by atomic mass is 10.3. The third kappa shape index (κ3) is 2.13. The first-order chi connectivity index (χ1) is 6.69. The predicted octanol–water partition coefficient (Wildman–Crippen LogP) is 1.36. The Morgan fingerprint density at radius 3 is 2.86 bits per heavy atom. The standard InChI is InChI=1S/C11H14N2O/c1-4-5-10(12-3)13-8-9(2)6-7-11(13)14/h4-8,12H,1H2,2-3H3/b10-5+. The quantitative estimate of drug-likeness (QED) is 0.730. The minimum Gasteiger partial charge on any atom is -0.374 e. The van der Waals surface area contributed by atoms with Crippen molar-refractivity contribution in [3.63, 3.8) is 0 Å². The van der Waals surface area contributed by atoms with Gasteiger partial charge in [-0.3, -0.25) is 9.36 Å². The maximum atomic E-state index is 11.5. The fraction of sp³-hybridized carbons (Fsp3) is 0.182. The van der Waals surface area contributed by atoms with Crippen molar-refractivity contribution in [1.29, 1.82) is 0 Å². The lowest BCUT2D eigenvalue weighted by molar-refractivity contribution is 0.906. The highest BCUT2D eigenvalue weighted by atomic mass is 16.1. The summed E-state index contributed by atoms with van der Waals surface area (Å²) in [4.78, 5) is 11.5. The van der Waals surface area contributed by atoms with Crippen LogP contribution in [0.4, 0.5) is 0 Å². The molecule has 3 heteroatoms. The lowest BCUT2D eigenvalue weighted by Crippen LogP contribution is -2.24. The van der Waals surface area contributed by atoms with Crippen LogP contribution in [0.2, 0.25) is 0 Å². The Morgan fingerprint density at radius 1 is 1.57 bits per heavy atom. The number of nitrogens with one attached hydrogen (secondary N) is 1. The Kier molecular flexibility index (Phi) is 3.29. The van der Waals surface area contributed by atoms with E-state index in [1.54, 1.807) is 42.1 Å². The fourth-order valence-corrected chi connectivity index (χ4v) is 1.18. The molecule has 1 rings (SSSR count). The third-order valence-corrected chi connectivity index (χ3v) is 1.85. The van der Waals surface area contributed by atoms with Crippen LogP contribution in [0.25, 0.3) is 5.82 Å². The van der Waals surface area contributed by atoms with Crippen LogP contribution >= 0.6 is 0 Å². The molecule has 0 bridgehead atoms. The van der Waals surface area contributed by atoms with Crippen molar-refractivity contribution in [3.05, 3.63) is 53.0 Å². The summed E-state index contributed by atoms with van der Waals surface area (Å²) in [5.41, 5.74) is 0.980. The summed E-state index contributed by atoms with van der Waals surface area (Å²) in [6.07, 6.45) is 5.18. The monoisotopic (exact) mass is 190 g/mol. The smallest absolute Gasteiger partial charge is 0.256 e. The average Bonchev–Trinajstić information content (AvgIpc) is 2.18. The van der Waals surface area contributed by atoms with E-state index in [1.807, 2.05) is 6.92 Å². The SMILES string of the molecule is C=C/C=C(\NC)n1cc(C)ccc1=O. The molecule has 0 saturated carbocycles. The van der Waals surface area contributed by atoms with Crippen LogP contribution < -0.4 is 10.9 Å². The zero-order valence-electron chi connectivity index (χ0n) is 8.45. The molecule has 0 aliphatic carbocycles. The summed E-state index contributed by atoms with van der Waals surface area (Å²) < 4.78 is 1.55. The molecule has 0 atom stereocenters. The van der Waals surface area contributed by atoms with Gasteiger partial charge in [-0.1, -0.05) is 18.7 Å². The Bertz CT molecular complexity index is 416. The highest BCUT2D eigenvalue weighted by Gasteiger charge is 1.99. The van der Waals surface area contributed by atoms with Crippen molar-refractivity contribution >= 4 is 5.82 Å². The molecule has 74 valence electrons. The van der Waals surface area contributed by atoms with Gasteiger partial charge in [0.1, 0.15) is 5.82 Å². The van der Waals surface area contributed by atoms with Gasteiger partial charge in [-0.25, -0.2) is 0 Å². The Morgan fingerprint density at radius 2 is 2.29 bits per heavy atom. The molecular weight excluding hydrogens is 176 g/mol. The minimum absolute atomic E-state index is 0.0574. The van der Waals surface area contributed by atoms with Gasteiger partial charge in [0.2, 0.25) is 0 Å². The van der Waals surface area contributed by atoms with Crippen molar-refractivity contribution in [3.8, 4) is 0 Å². The molecule has 1 N–H and O–H groups in total. The van der Waals surface area contributed by atoms with Crippen molar-refractivity contribution in [1.82, 2.24) is 9.88 Å². The maximum absolute atomic E-state index is 11.5. The molecule has 0 aliphatic heterocycles. The maximum Gasteiger partial charge on any atom is 0.256 e. The minimum atomic E-state index is -0.0574. The van der Waals surface area contributed by atoms with Gasteiger partial charge in [-0.05, 0) is 18.6 Å². The zero-order chi connectivity index (χ0) is 10.6. The molecule has 0 aliphatic rings. The molecule has 1 aromatic rings. The Hall–Kier alpha value is -1.77. The molecule has 0 fully saturated rings. The van der Waals surface area contributed by atoms with Crippen LogP contribution in [0.1, 0.15) is 5.56 Å². The number of aryl methyl sites for hydroxylation is 1. The number of hydrogen-bond donors (Lipinski definition) is 1. The van der Waals surface area contributed by atoms with Crippen molar-refractivity contribution in [2.24, 2.45) is 0 Å². The van der Waals surface area contributed by atoms with E-state index in [9.17, 15) is 4.79 Å². The van der Waals surface area contributed by atoms with E-state index in [0.717, 1.165) is 5.56 Å². The van der Waals surface area contributed by atoms with Crippen LogP contribution in [0.3, 0.4) is 0 Å². The summed E-state index contributed by atoms with van der Waals surface area (Å²) in [7, 11) is 1.77. The highest BCUT2D eigenvalue weighted by Crippen LogP contribution is 1.99. The van der Waals surface area contributed by atoms with Gasteiger partial charge in [0.15, 0.2) is 0 Å². The summed E-state index contributed by atoms with van der Waals surface area (Å²) >= 11 is 0. The number of aromatic nitrogens is 1. The van der Waals surface area contributed by atoms with Crippen molar-refractivity contribution in [2.75, 3.05) is 7.05 Å². The molecular formula is C11H14N2O. The summed E-state index contributed by atoms with van der Waals surface area (Å²) in [5, 5.41) is 2.94. The van der Waals surface area contributed by atoms with Gasteiger partial charge >= 0.3 is 0 Å². The second-order valence-electron chi connectivity index (χ2n) is 2.95. The topological polar surface area (TPSA) is 34.0 Å². The third-order valence-electron chi connectivity index (χ3n) is 1.85. The molecule has 1 heterocycles. The Labute approximate surface area is 83.4 Å². The lowest BCUT2D eigenvalue weighted by Gasteiger charge is -2.09. The van der Waals surface area contributed by atoms with Gasteiger partial charge in [0.25, 0.3) is 5.56 Å². The molecule has 0 saturated heterocycles. The van der Waals surface area contributed by atoms with Gasteiger partial charge in [0.05, 0.1) is 0 Å². The van der Waals surface area contributed by atoms with Gasteiger partial charge in [-0.2, -0.15) is 0 Å². The molecule has 0 aromatic carbocycles. The van der Waals surface area contributed by atoms with E-state index < -0.39 is 0 Å². The first-order valence-electron chi connectivity index (χ1n) is 4.39. The molecule has 0 unspecified atom stereocenters. The van der Waals surface area contributed by atoms with Crippen LogP contribution in [-0.2, 0) is 0 Å². The number of rotatable bonds is 3. The van der Waals surface area contributed by atoms with Crippen LogP contribution in [-0.4, -0.2) is 11.6 Å². The Balaban J connectivity index is 3.29. The van der Waals surface area contributed by atoms with Crippen LogP contribution in [0.5, 0.6) is 0 Å². The van der Waals surface area contributed by atoms with E-state index in [4.69, 9.17) is 0 Å². The van der Waals surface area contributed by atoms with E-state index in [-0.39, 0.29) is 5.56 Å². The van der Waals surface area contributed by atoms with E-state index >= 15 is 0 Å². The number of hydrogen-bond acceptors (Lipinski definition) is 2. The van der Waals surface area contributed by atoms with E-state index in [1.165, 1.54) is 0 Å². The molecule has 0 amide bonds. The molecule has 0 spiro atoms. The average molecular weight is 190 g/mol. The number of allylic oxidation sites excluding steroid dienone is 2. The normalized spacial score (nSPS) is 11.1. The van der Waals surface area contributed by atoms with Gasteiger partial charge in [0, 0.05) is 19.3 Å². The van der Waals surface area contributed by atoms with E-state index in [2.05, 4.69) is 11.9 Å².